The highest BCUT2D eigenvalue weighted by Crippen LogP contribution is 2.33. The third-order valence-corrected chi connectivity index (χ3v) is 4.89. The van der Waals surface area contributed by atoms with E-state index in [4.69, 9.17) is 5.73 Å². The fourth-order valence-electron chi connectivity index (χ4n) is 1.67. The fourth-order valence-corrected chi connectivity index (χ4v) is 3.25. The molecule has 0 spiro atoms. The van der Waals surface area contributed by atoms with Crippen LogP contribution in [-0.2, 0) is 0 Å². The highest BCUT2D eigenvalue weighted by molar-refractivity contribution is 9.10. The van der Waals surface area contributed by atoms with Gasteiger partial charge >= 0.3 is 0 Å². The summed E-state index contributed by atoms with van der Waals surface area (Å²) in [5.74, 6) is -0.236. The molecule has 1 heterocycles. The fraction of sp³-hybridized carbons (Fsp3) is 0.231. The van der Waals surface area contributed by atoms with Crippen molar-refractivity contribution >= 4 is 27.3 Å². The van der Waals surface area contributed by atoms with Gasteiger partial charge in [-0.2, -0.15) is 0 Å². The molecule has 0 amide bonds. The normalized spacial score (nSPS) is 12.8. The predicted octanol–water partition coefficient (Wildman–Crippen LogP) is 4.31. The van der Waals surface area contributed by atoms with Crippen LogP contribution in [0.1, 0.15) is 26.9 Å². The quantitative estimate of drug-likeness (QED) is 0.878. The van der Waals surface area contributed by atoms with E-state index in [0.29, 0.717) is 5.56 Å². The van der Waals surface area contributed by atoms with E-state index >= 15 is 0 Å². The van der Waals surface area contributed by atoms with Crippen molar-refractivity contribution in [3.8, 4) is 0 Å². The molecule has 2 aromatic rings. The Morgan fingerprint density at radius 1 is 1.29 bits per heavy atom. The van der Waals surface area contributed by atoms with E-state index in [1.165, 1.54) is 6.07 Å². The van der Waals surface area contributed by atoms with Crippen molar-refractivity contribution in [3.05, 3.63) is 55.4 Å². The van der Waals surface area contributed by atoms with E-state index in [9.17, 15) is 4.39 Å². The van der Waals surface area contributed by atoms with Gasteiger partial charge in [0.1, 0.15) is 5.82 Å². The minimum Gasteiger partial charge on any atom is -0.320 e. The second-order valence-corrected chi connectivity index (χ2v) is 6.20. The maximum absolute atomic E-state index is 13.8. The summed E-state index contributed by atoms with van der Waals surface area (Å²) in [6.07, 6.45) is 0. The molecule has 1 aromatic carbocycles. The van der Waals surface area contributed by atoms with Gasteiger partial charge in [-0.15, -0.1) is 11.3 Å². The van der Waals surface area contributed by atoms with Gasteiger partial charge in [-0.3, -0.25) is 0 Å². The number of hydrogen-bond acceptors (Lipinski definition) is 2. The SMILES string of the molecule is Cc1ccc(C(N)c2cc(Br)c(C)s2)c(F)c1. The Balaban J connectivity index is 2.39. The lowest BCUT2D eigenvalue weighted by atomic mass is 10.0. The molecule has 0 aliphatic rings. The molecule has 4 heteroatoms. The smallest absolute Gasteiger partial charge is 0.128 e. The number of nitrogens with two attached hydrogens (primary N) is 1. The average molecular weight is 314 g/mol. The van der Waals surface area contributed by atoms with Crippen molar-refractivity contribution in [2.24, 2.45) is 5.73 Å². The molecule has 1 unspecified atom stereocenters. The summed E-state index contributed by atoms with van der Waals surface area (Å²) in [6.45, 7) is 3.88. The number of halogens is 2. The van der Waals surface area contributed by atoms with E-state index in [0.717, 1.165) is 19.8 Å². The van der Waals surface area contributed by atoms with E-state index in [-0.39, 0.29) is 5.82 Å². The highest BCUT2D eigenvalue weighted by Gasteiger charge is 2.16. The lowest BCUT2D eigenvalue weighted by Crippen LogP contribution is -2.12. The number of thiophene rings is 1. The summed E-state index contributed by atoms with van der Waals surface area (Å²) < 4.78 is 14.8. The van der Waals surface area contributed by atoms with Gasteiger partial charge in [0, 0.05) is 19.8 Å². The van der Waals surface area contributed by atoms with Gasteiger partial charge in [-0.05, 0) is 47.5 Å². The molecule has 1 atom stereocenters. The first-order valence-corrected chi connectivity index (χ1v) is 6.87. The highest BCUT2D eigenvalue weighted by atomic mass is 79.9. The Morgan fingerprint density at radius 2 is 2.00 bits per heavy atom. The molecule has 0 aliphatic heterocycles. The minimum atomic E-state index is -0.398. The predicted molar refractivity (Wildman–Crippen MR) is 73.9 cm³/mol. The van der Waals surface area contributed by atoms with Crippen LogP contribution in [0.4, 0.5) is 4.39 Å². The second kappa shape index (κ2) is 4.88. The third kappa shape index (κ3) is 2.59. The molecular formula is C13H13BrFNS. The molecule has 2 N–H and O–H groups in total. The maximum atomic E-state index is 13.8. The molecule has 1 nitrogen and oxygen atoms in total. The molecule has 0 saturated heterocycles. The van der Waals surface area contributed by atoms with Gasteiger partial charge in [-0.1, -0.05) is 12.1 Å². The third-order valence-electron chi connectivity index (χ3n) is 2.67. The van der Waals surface area contributed by atoms with Crippen molar-refractivity contribution in [2.45, 2.75) is 19.9 Å². The van der Waals surface area contributed by atoms with Crippen LogP contribution >= 0.6 is 27.3 Å². The van der Waals surface area contributed by atoms with Gasteiger partial charge in [-0.25, -0.2) is 4.39 Å². The van der Waals surface area contributed by atoms with E-state index < -0.39 is 6.04 Å². The Morgan fingerprint density at radius 3 is 2.53 bits per heavy atom. The topological polar surface area (TPSA) is 26.0 Å². The Labute approximate surface area is 113 Å². The molecule has 0 aliphatic carbocycles. The van der Waals surface area contributed by atoms with Gasteiger partial charge in [0.2, 0.25) is 0 Å². The molecule has 0 fully saturated rings. The number of aryl methyl sites for hydroxylation is 2. The maximum Gasteiger partial charge on any atom is 0.128 e. The number of hydrogen-bond donors (Lipinski definition) is 1. The molecule has 90 valence electrons. The average Bonchev–Trinajstić information content (AvgIpc) is 2.58. The van der Waals surface area contributed by atoms with Crippen molar-refractivity contribution in [1.82, 2.24) is 0 Å². The summed E-state index contributed by atoms with van der Waals surface area (Å²) in [7, 11) is 0. The molecule has 0 bridgehead atoms. The van der Waals surface area contributed by atoms with E-state index in [1.54, 1.807) is 17.4 Å². The summed E-state index contributed by atoms with van der Waals surface area (Å²) >= 11 is 5.04. The van der Waals surface area contributed by atoms with Crippen molar-refractivity contribution < 1.29 is 4.39 Å². The standard InChI is InChI=1S/C13H13BrFNS/c1-7-3-4-9(11(15)5-7)13(16)12-6-10(14)8(2)17-12/h3-6,13H,16H2,1-2H3. The summed E-state index contributed by atoms with van der Waals surface area (Å²) in [4.78, 5) is 2.13. The lowest BCUT2D eigenvalue weighted by molar-refractivity contribution is 0.600. The molecule has 1 aromatic heterocycles. The van der Waals surface area contributed by atoms with Crippen molar-refractivity contribution in [2.75, 3.05) is 0 Å². The van der Waals surface area contributed by atoms with Gasteiger partial charge < -0.3 is 5.73 Å². The second-order valence-electron chi connectivity index (χ2n) is 4.06. The van der Waals surface area contributed by atoms with Crippen LogP contribution < -0.4 is 5.73 Å². The van der Waals surface area contributed by atoms with Crippen molar-refractivity contribution in [3.63, 3.8) is 0 Å². The molecule has 0 saturated carbocycles. The summed E-state index contributed by atoms with van der Waals surface area (Å²) in [6, 6.07) is 6.73. The van der Waals surface area contributed by atoms with Crippen LogP contribution in [0, 0.1) is 19.7 Å². The molecule has 2 rings (SSSR count). The van der Waals surface area contributed by atoms with Crippen LogP contribution in [0.3, 0.4) is 0 Å². The first kappa shape index (κ1) is 12.7. The van der Waals surface area contributed by atoms with E-state index in [2.05, 4.69) is 15.9 Å². The van der Waals surface area contributed by atoms with Crippen LogP contribution in [0.15, 0.2) is 28.7 Å². The number of benzene rings is 1. The Kier molecular flexibility index (Phi) is 3.66. The monoisotopic (exact) mass is 313 g/mol. The zero-order valence-corrected chi connectivity index (χ0v) is 12.0. The largest absolute Gasteiger partial charge is 0.320 e. The van der Waals surface area contributed by atoms with Crippen molar-refractivity contribution in [1.29, 1.82) is 0 Å². The lowest BCUT2D eigenvalue weighted by Gasteiger charge is -2.11. The van der Waals surface area contributed by atoms with E-state index in [1.807, 2.05) is 26.0 Å². The minimum absolute atomic E-state index is 0.236. The first-order valence-electron chi connectivity index (χ1n) is 5.26. The Bertz CT molecular complexity index is 531. The zero-order chi connectivity index (χ0) is 12.6. The van der Waals surface area contributed by atoms with Gasteiger partial charge in [0.15, 0.2) is 0 Å². The summed E-state index contributed by atoms with van der Waals surface area (Å²) in [5.41, 5.74) is 7.55. The van der Waals surface area contributed by atoms with Gasteiger partial charge in [0.05, 0.1) is 6.04 Å². The van der Waals surface area contributed by atoms with Crippen LogP contribution in [0.25, 0.3) is 0 Å². The molecule has 0 radical (unpaired) electrons. The summed E-state index contributed by atoms with van der Waals surface area (Å²) in [5, 5.41) is 0. The number of rotatable bonds is 2. The first-order chi connectivity index (χ1) is 7.99. The van der Waals surface area contributed by atoms with Gasteiger partial charge in [0.25, 0.3) is 0 Å². The van der Waals surface area contributed by atoms with Crippen LogP contribution in [-0.4, -0.2) is 0 Å². The van der Waals surface area contributed by atoms with Crippen LogP contribution in [0.2, 0.25) is 0 Å². The zero-order valence-electron chi connectivity index (χ0n) is 9.63. The molecular weight excluding hydrogens is 301 g/mol. The molecule has 17 heavy (non-hydrogen) atoms. The van der Waals surface area contributed by atoms with Crippen LogP contribution in [0.5, 0.6) is 0 Å². The Hall–Kier alpha value is -0.710.